The van der Waals surface area contributed by atoms with Crippen LogP contribution in [0.2, 0.25) is 0 Å². The number of hydrogen-bond donors (Lipinski definition) is 3. The molecule has 6 nitrogen and oxygen atoms in total. The first-order valence-electron chi connectivity index (χ1n) is 7.87. The molecule has 0 aromatic heterocycles. The van der Waals surface area contributed by atoms with E-state index in [2.05, 4.69) is 20.9 Å². The Kier molecular flexibility index (Phi) is 8.59. The summed E-state index contributed by atoms with van der Waals surface area (Å²) in [7, 11) is 1.54. The number of benzene rings is 1. The molecule has 25 heavy (non-hydrogen) atoms. The van der Waals surface area contributed by atoms with Crippen molar-refractivity contribution in [2.75, 3.05) is 33.3 Å². The van der Waals surface area contributed by atoms with Crippen LogP contribution in [0, 0.1) is 0 Å². The lowest BCUT2D eigenvalue weighted by Gasteiger charge is -2.12. The van der Waals surface area contributed by atoms with Crippen molar-refractivity contribution in [1.29, 1.82) is 0 Å². The molecule has 0 aliphatic heterocycles. The number of methoxy groups -OCH3 is 1. The van der Waals surface area contributed by atoms with E-state index in [-0.39, 0.29) is 18.4 Å². The predicted octanol–water partition coefficient (Wildman–Crippen LogP) is 1.93. The van der Waals surface area contributed by atoms with Crippen LogP contribution in [0.3, 0.4) is 0 Å². The van der Waals surface area contributed by atoms with Crippen LogP contribution in [0.4, 0.5) is 13.2 Å². The molecular formula is C16H23F3N4O2. The highest BCUT2D eigenvalue weighted by Crippen LogP contribution is 2.18. The van der Waals surface area contributed by atoms with Gasteiger partial charge < -0.3 is 20.7 Å². The zero-order valence-electron chi connectivity index (χ0n) is 14.2. The molecule has 0 saturated heterocycles. The number of carbonyl (C=O) groups is 1. The maximum atomic E-state index is 12.1. The largest absolute Gasteiger partial charge is 0.497 e. The van der Waals surface area contributed by atoms with Crippen molar-refractivity contribution in [2.45, 2.75) is 19.5 Å². The number of hydrogen-bond acceptors (Lipinski definition) is 3. The number of nitrogens with zero attached hydrogens (tertiary/aromatic N) is 1. The second-order valence-corrected chi connectivity index (χ2v) is 5.04. The Labute approximate surface area is 144 Å². The van der Waals surface area contributed by atoms with Crippen molar-refractivity contribution in [3.63, 3.8) is 0 Å². The minimum Gasteiger partial charge on any atom is -0.497 e. The van der Waals surface area contributed by atoms with Gasteiger partial charge in [0, 0.05) is 25.2 Å². The molecule has 0 atom stereocenters. The Bertz CT molecular complexity index is 559. The molecule has 1 aromatic carbocycles. The number of halogens is 3. The molecule has 0 aliphatic carbocycles. The van der Waals surface area contributed by atoms with Crippen LogP contribution in [0.5, 0.6) is 5.75 Å². The topological polar surface area (TPSA) is 74.8 Å². The first kappa shape index (κ1) is 20.6. The first-order chi connectivity index (χ1) is 11.9. The zero-order chi connectivity index (χ0) is 18.7. The number of carbonyl (C=O) groups excluding carboxylic acids is 1. The average Bonchev–Trinajstić information content (AvgIpc) is 2.57. The van der Waals surface area contributed by atoms with Gasteiger partial charge in [0.05, 0.1) is 20.1 Å². The molecule has 0 bridgehead atoms. The van der Waals surface area contributed by atoms with Crippen LogP contribution in [-0.2, 0) is 0 Å². The van der Waals surface area contributed by atoms with E-state index in [9.17, 15) is 18.0 Å². The summed E-state index contributed by atoms with van der Waals surface area (Å²) in [6.07, 6.45) is -5.20. The molecule has 0 unspecified atom stereocenters. The van der Waals surface area contributed by atoms with Crippen LogP contribution in [0.25, 0.3) is 0 Å². The minimum atomic E-state index is -4.23. The summed E-state index contributed by atoms with van der Waals surface area (Å²) in [4.78, 5) is 15.8. The van der Waals surface area contributed by atoms with Gasteiger partial charge in [-0.25, -0.2) is 0 Å². The molecule has 3 N–H and O–H groups in total. The number of guanidine groups is 1. The fourth-order valence-corrected chi connectivity index (χ4v) is 1.84. The molecule has 0 spiro atoms. The quantitative estimate of drug-likeness (QED) is 0.376. The molecule has 0 fully saturated rings. The zero-order valence-corrected chi connectivity index (χ0v) is 14.2. The highest BCUT2D eigenvalue weighted by Gasteiger charge is 2.26. The number of amides is 1. The lowest BCUT2D eigenvalue weighted by Crippen LogP contribution is -2.41. The van der Waals surface area contributed by atoms with E-state index >= 15 is 0 Å². The second kappa shape index (κ2) is 10.4. The van der Waals surface area contributed by atoms with E-state index in [1.807, 2.05) is 6.92 Å². The van der Waals surface area contributed by atoms with E-state index in [1.165, 1.54) is 0 Å². The van der Waals surface area contributed by atoms with Crippen LogP contribution in [0.15, 0.2) is 29.3 Å². The second-order valence-electron chi connectivity index (χ2n) is 5.04. The normalized spacial score (nSPS) is 11.8. The fraction of sp³-hybridized carbons (Fsp3) is 0.500. The van der Waals surface area contributed by atoms with Crippen molar-refractivity contribution in [3.8, 4) is 5.75 Å². The summed E-state index contributed by atoms with van der Waals surface area (Å²) < 4.78 is 41.4. The van der Waals surface area contributed by atoms with Gasteiger partial charge in [-0.1, -0.05) is 0 Å². The third-order valence-corrected chi connectivity index (χ3v) is 3.06. The highest BCUT2D eigenvalue weighted by atomic mass is 19.4. The predicted molar refractivity (Wildman–Crippen MR) is 90.0 cm³/mol. The molecule has 9 heteroatoms. The van der Waals surface area contributed by atoms with Crippen LogP contribution in [0.1, 0.15) is 23.7 Å². The Hall–Kier alpha value is -2.45. The van der Waals surface area contributed by atoms with Crippen LogP contribution < -0.4 is 20.7 Å². The molecule has 1 rings (SSSR count). The van der Waals surface area contributed by atoms with Gasteiger partial charge in [-0.15, -0.1) is 0 Å². The maximum absolute atomic E-state index is 12.1. The smallest absolute Gasteiger partial charge is 0.390 e. The molecule has 0 heterocycles. The SMILES string of the molecule is CCNC(=NCCC(F)(F)F)NCCNC(=O)c1ccc(OC)cc1. The number of rotatable bonds is 8. The lowest BCUT2D eigenvalue weighted by molar-refractivity contribution is -0.132. The third kappa shape index (κ3) is 8.83. The van der Waals surface area contributed by atoms with Gasteiger partial charge >= 0.3 is 6.18 Å². The summed E-state index contributed by atoms with van der Waals surface area (Å²) in [5, 5.41) is 8.42. The molecule has 140 valence electrons. The Morgan fingerprint density at radius 1 is 1.12 bits per heavy atom. The summed E-state index contributed by atoms with van der Waals surface area (Å²) in [5.74, 6) is 0.692. The van der Waals surface area contributed by atoms with E-state index < -0.39 is 12.6 Å². The van der Waals surface area contributed by atoms with Crippen molar-refractivity contribution >= 4 is 11.9 Å². The molecule has 1 amide bonds. The van der Waals surface area contributed by atoms with Gasteiger partial charge in [-0.2, -0.15) is 13.2 Å². The van der Waals surface area contributed by atoms with Gasteiger partial charge in [0.1, 0.15) is 5.75 Å². The number of alkyl halides is 3. The molecular weight excluding hydrogens is 337 g/mol. The summed E-state index contributed by atoms with van der Waals surface area (Å²) in [6.45, 7) is 2.62. The Morgan fingerprint density at radius 2 is 1.76 bits per heavy atom. The number of aliphatic imine (C=N–C) groups is 1. The van der Waals surface area contributed by atoms with Crippen LogP contribution in [-0.4, -0.2) is 51.3 Å². The third-order valence-electron chi connectivity index (χ3n) is 3.06. The monoisotopic (exact) mass is 360 g/mol. The molecule has 1 aromatic rings. The van der Waals surface area contributed by atoms with Gasteiger partial charge in [0.15, 0.2) is 5.96 Å². The summed E-state index contributed by atoms with van der Waals surface area (Å²) >= 11 is 0. The number of ether oxygens (including phenoxy) is 1. The highest BCUT2D eigenvalue weighted by molar-refractivity contribution is 5.94. The van der Waals surface area contributed by atoms with Crippen molar-refractivity contribution in [3.05, 3.63) is 29.8 Å². The number of nitrogens with one attached hydrogen (secondary N) is 3. The standard InChI is InChI=1S/C16H23F3N4O2/c1-3-20-15(22-9-8-16(17,18)19)23-11-10-21-14(24)12-4-6-13(25-2)7-5-12/h4-7H,3,8-11H2,1-2H3,(H,21,24)(H2,20,22,23). The van der Waals surface area contributed by atoms with Crippen molar-refractivity contribution < 1.29 is 22.7 Å². The van der Waals surface area contributed by atoms with Gasteiger partial charge in [0.2, 0.25) is 0 Å². The summed E-state index contributed by atoms with van der Waals surface area (Å²) in [6, 6.07) is 6.65. The van der Waals surface area contributed by atoms with Crippen LogP contribution >= 0.6 is 0 Å². The van der Waals surface area contributed by atoms with E-state index in [1.54, 1.807) is 31.4 Å². The van der Waals surface area contributed by atoms with Gasteiger partial charge in [-0.3, -0.25) is 9.79 Å². The first-order valence-corrected chi connectivity index (χ1v) is 7.87. The lowest BCUT2D eigenvalue weighted by atomic mass is 10.2. The Morgan fingerprint density at radius 3 is 2.32 bits per heavy atom. The van der Waals surface area contributed by atoms with Gasteiger partial charge in [-0.05, 0) is 31.2 Å². The summed E-state index contributed by atoms with van der Waals surface area (Å²) in [5.41, 5.74) is 0.492. The van der Waals surface area contributed by atoms with E-state index in [0.29, 0.717) is 30.9 Å². The molecule has 0 radical (unpaired) electrons. The van der Waals surface area contributed by atoms with E-state index in [4.69, 9.17) is 4.74 Å². The fourth-order valence-electron chi connectivity index (χ4n) is 1.84. The maximum Gasteiger partial charge on any atom is 0.390 e. The molecule has 0 saturated carbocycles. The van der Waals surface area contributed by atoms with E-state index in [0.717, 1.165) is 0 Å². The Balaban J connectivity index is 2.37. The molecule has 0 aliphatic rings. The average molecular weight is 360 g/mol. The minimum absolute atomic E-state index is 0.247. The van der Waals surface area contributed by atoms with Gasteiger partial charge in [0.25, 0.3) is 5.91 Å². The van der Waals surface area contributed by atoms with Crippen molar-refractivity contribution in [1.82, 2.24) is 16.0 Å². The van der Waals surface area contributed by atoms with Crippen molar-refractivity contribution in [2.24, 2.45) is 4.99 Å².